The third-order valence-corrected chi connectivity index (χ3v) is 5.49. The number of aromatic nitrogens is 3. The van der Waals surface area contributed by atoms with E-state index in [-0.39, 0.29) is 10.7 Å². The Labute approximate surface area is 114 Å². The molecule has 3 N–H and O–H groups in total. The van der Waals surface area contributed by atoms with E-state index in [0.29, 0.717) is 5.13 Å². The van der Waals surface area contributed by atoms with E-state index in [4.69, 9.17) is 5.73 Å². The van der Waals surface area contributed by atoms with E-state index in [9.17, 15) is 8.42 Å². The molecule has 0 fully saturated rings. The van der Waals surface area contributed by atoms with Gasteiger partial charge in [0.2, 0.25) is 0 Å². The van der Waals surface area contributed by atoms with E-state index in [1.807, 2.05) is 0 Å². The third-order valence-electron chi connectivity index (χ3n) is 2.93. The summed E-state index contributed by atoms with van der Waals surface area (Å²) < 4.78 is 28.2. The van der Waals surface area contributed by atoms with Crippen LogP contribution in [0.15, 0.2) is 11.1 Å². The second-order valence-corrected chi connectivity index (χ2v) is 7.13. The van der Waals surface area contributed by atoms with Crippen molar-refractivity contribution in [2.24, 2.45) is 7.05 Å². The number of hydrogen-bond donors (Lipinski definition) is 2. The molecule has 3 rings (SSSR count). The highest BCUT2D eigenvalue weighted by molar-refractivity contribution is 7.93. The Hall–Kier alpha value is -1.61. The van der Waals surface area contributed by atoms with Gasteiger partial charge in [-0.1, -0.05) is 0 Å². The Bertz CT molecular complexity index is 710. The number of sulfonamides is 1. The summed E-state index contributed by atoms with van der Waals surface area (Å²) >= 11 is 1.39. The number of nitrogens with one attached hydrogen (secondary N) is 1. The van der Waals surface area contributed by atoms with Crippen LogP contribution in [-0.4, -0.2) is 23.2 Å². The van der Waals surface area contributed by atoms with E-state index in [1.54, 1.807) is 7.05 Å². The van der Waals surface area contributed by atoms with Crippen molar-refractivity contribution in [3.05, 3.63) is 16.8 Å². The molecule has 0 aliphatic heterocycles. The molecule has 0 saturated carbocycles. The number of nitrogens with two attached hydrogens (primary N) is 1. The number of nitrogen functional groups attached to an aromatic ring is 1. The van der Waals surface area contributed by atoms with Crippen molar-refractivity contribution in [2.75, 3.05) is 10.5 Å². The fraction of sp³-hybridized carbons (Fsp3) is 0.400. The maximum Gasteiger partial charge on any atom is 0.268 e. The van der Waals surface area contributed by atoms with Gasteiger partial charge in [0, 0.05) is 18.1 Å². The quantitative estimate of drug-likeness (QED) is 0.870. The molecule has 2 heterocycles. The second-order valence-electron chi connectivity index (χ2n) is 4.40. The number of aryl methyl sites for hydroxylation is 3. The third kappa shape index (κ3) is 2.19. The predicted octanol–water partition coefficient (Wildman–Crippen LogP) is 0.748. The molecular formula is C10H13N5O2S2. The lowest BCUT2D eigenvalue weighted by Crippen LogP contribution is -2.13. The van der Waals surface area contributed by atoms with Crippen LogP contribution in [0.5, 0.6) is 0 Å². The van der Waals surface area contributed by atoms with Gasteiger partial charge in [0.1, 0.15) is 4.90 Å². The molecule has 0 atom stereocenters. The van der Waals surface area contributed by atoms with Crippen LogP contribution in [0.3, 0.4) is 0 Å². The molecule has 0 spiro atoms. The standard InChI is InChI=1S/C10H13N5O2S2/c1-15-5-8(9(11)13-15)19(16,17)14-10-12-6-3-2-4-7(6)18-10/h5H,2-4H2,1H3,(H2,11,13)(H,12,14). The minimum atomic E-state index is -3.72. The lowest BCUT2D eigenvalue weighted by Gasteiger charge is -2.02. The molecular weight excluding hydrogens is 286 g/mol. The average Bonchev–Trinajstić information content (AvgIpc) is 2.92. The summed E-state index contributed by atoms with van der Waals surface area (Å²) in [5.74, 6) is -0.0147. The number of thiazole rings is 1. The van der Waals surface area contributed by atoms with Crippen molar-refractivity contribution in [3.63, 3.8) is 0 Å². The van der Waals surface area contributed by atoms with Crippen LogP contribution in [0.4, 0.5) is 10.9 Å². The molecule has 2 aromatic heterocycles. The summed E-state index contributed by atoms with van der Waals surface area (Å²) in [6, 6.07) is 0. The molecule has 2 aromatic rings. The number of hydrogen-bond acceptors (Lipinski definition) is 6. The molecule has 19 heavy (non-hydrogen) atoms. The Morgan fingerprint density at radius 2 is 2.26 bits per heavy atom. The zero-order chi connectivity index (χ0) is 13.6. The largest absolute Gasteiger partial charge is 0.381 e. The van der Waals surface area contributed by atoms with Crippen LogP contribution in [0.25, 0.3) is 0 Å². The molecule has 1 aliphatic carbocycles. The first-order valence-corrected chi connectivity index (χ1v) is 8.06. The van der Waals surface area contributed by atoms with E-state index in [2.05, 4.69) is 14.8 Å². The highest BCUT2D eigenvalue weighted by Gasteiger charge is 2.24. The summed E-state index contributed by atoms with van der Waals surface area (Å²) in [5.41, 5.74) is 6.59. The van der Waals surface area contributed by atoms with Gasteiger partial charge in [-0.3, -0.25) is 9.40 Å². The smallest absolute Gasteiger partial charge is 0.268 e. The number of nitrogens with zero attached hydrogens (tertiary/aromatic N) is 3. The van der Waals surface area contributed by atoms with Crippen LogP contribution in [0.2, 0.25) is 0 Å². The van der Waals surface area contributed by atoms with E-state index in [1.165, 1.54) is 22.2 Å². The van der Waals surface area contributed by atoms with Crippen molar-refractivity contribution < 1.29 is 8.42 Å². The molecule has 0 aromatic carbocycles. The van der Waals surface area contributed by atoms with Crippen molar-refractivity contribution in [1.29, 1.82) is 0 Å². The summed E-state index contributed by atoms with van der Waals surface area (Å²) in [6.07, 6.45) is 4.36. The molecule has 0 saturated heterocycles. The van der Waals surface area contributed by atoms with Crippen LogP contribution in [0.1, 0.15) is 17.0 Å². The highest BCUT2D eigenvalue weighted by atomic mass is 32.2. The lowest BCUT2D eigenvalue weighted by atomic mass is 10.4. The molecule has 1 aliphatic rings. The van der Waals surface area contributed by atoms with Crippen LogP contribution < -0.4 is 10.5 Å². The fourth-order valence-corrected chi connectivity index (χ4v) is 4.48. The van der Waals surface area contributed by atoms with Gasteiger partial charge in [0.25, 0.3) is 10.0 Å². The minimum Gasteiger partial charge on any atom is -0.381 e. The fourth-order valence-electron chi connectivity index (χ4n) is 2.09. The van der Waals surface area contributed by atoms with Crippen LogP contribution in [-0.2, 0) is 29.9 Å². The normalized spacial score (nSPS) is 14.6. The number of anilines is 2. The zero-order valence-electron chi connectivity index (χ0n) is 10.3. The first-order valence-electron chi connectivity index (χ1n) is 5.76. The van der Waals surface area contributed by atoms with Gasteiger partial charge in [-0.15, -0.1) is 11.3 Å². The Morgan fingerprint density at radius 1 is 1.47 bits per heavy atom. The number of rotatable bonds is 3. The van der Waals surface area contributed by atoms with E-state index >= 15 is 0 Å². The Balaban J connectivity index is 1.91. The van der Waals surface area contributed by atoms with E-state index in [0.717, 1.165) is 29.8 Å². The van der Waals surface area contributed by atoms with Gasteiger partial charge < -0.3 is 5.73 Å². The predicted molar refractivity (Wildman–Crippen MR) is 72.6 cm³/mol. The Morgan fingerprint density at radius 3 is 2.89 bits per heavy atom. The first kappa shape index (κ1) is 12.4. The van der Waals surface area contributed by atoms with Gasteiger partial charge in [-0.2, -0.15) is 5.10 Å². The number of fused-ring (bicyclic) bond motifs is 1. The van der Waals surface area contributed by atoms with Gasteiger partial charge in [-0.25, -0.2) is 13.4 Å². The second kappa shape index (κ2) is 4.20. The van der Waals surface area contributed by atoms with Crippen molar-refractivity contribution in [1.82, 2.24) is 14.8 Å². The zero-order valence-corrected chi connectivity index (χ0v) is 11.9. The molecule has 102 valence electrons. The molecule has 9 heteroatoms. The average molecular weight is 299 g/mol. The van der Waals surface area contributed by atoms with Gasteiger partial charge in [0.05, 0.1) is 5.69 Å². The molecule has 7 nitrogen and oxygen atoms in total. The molecule has 0 amide bonds. The monoisotopic (exact) mass is 299 g/mol. The van der Waals surface area contributed by atoms with Gasteiger partial charge in [0.15, 0.2) is 10.9 Å². The van der Waals surface area contributed by atoms with E-state index < -0.39 is 10.0 Å². The van der Waals surface area contributed by atoms with Crippen molar-refractivity contribution in [3.8, 4) is 0 Å². The summed E-state index contributed by atoms with van der Waals surface area (Å²) in [5, 5.41) is 4.22. The highest BCUT2D eigenvalue weighted by Crippen LogP contribution is 2.31. The summed E-state index contributed by atoms with van der Waals surface area (Å²) in [4.78, 5) is 5.44. The molecule has 0 unspecified atom stereocenters. The van der Waals surface area contributed by atoms with Crippen molar-refractivity contribution >= 4 is 32.3 Å². The maximum atomic E-state index is 12.2. The first-order chi connectivity index (χ1) is 8.95. The summed E-state index contributed by atoms with van der Waals surface area (Å²) in [6.45, 7) is 0. The molecule has 0 radical (unpaired) electrons. The molecule has 0 bridgehead atoms. The van der Waals surface area contributed by atoms with Gasteiger partial charge >= 0.3 is 0 Å². The minimum absolute atomic E-state index is 0.0147. The SMILES string of the molecule is Cn1cc(S(=O)(=O)Nc2nc3c(s2)CCC3)c(N)n1. The van der Waals surface area contributed by atoms with Crippen LogP contribution in [0, 0.1) is 0 Å². The Kier molecular flexibility index (Phi) is 2.75. The maximum absolute atomic E-state index is 12.2. The topological polar surface area (TPSA) is 103 Å². The summed E-state index contributed by atoms with van der Waals surface area (Å²) in [7, 11) is -2.10. The van der Waals surface area contributed by atoms with Crippen molar-refractivity contribution in [2.45, 2.75) is 24.2 Å². The lowest BCUT2D eigenvalue weighted by molar-refractivity contribution is 0.601. The van der Waals surface area contributed by atoms with Crippen LogP contribution >= 0.6 is 11.3 Å². The van der Waals surface area contributed by atoms with Gasteiger partial charge in [-0.05, 0) is 19.3 Å².